The third-order valence-electron chi connectivity index (χ3n) is 7.64. The largest absolute Gasteiger partial charge is 0.508 e. The van der Waals surface area contributed by atoms with Crippen molar-refractivity contribution in [2.24, 2.45) is 0 Å². The van der Waals surface area contributed by atoms with Crippen LogP contribution in [0.4, 0.5) is 4.39 Å². The molecule has 0 aliphatic rings. The minimum Gasteiger partial charge on any atom is -0.508 e. The highest BCUT2D eigenvalue weighted by Crippen LogP contribution is 2.37. The fourth-order valence-electron chi connectivity index (χ4n) is 5.41. The fourth-order valence-corrected chi connectivity index (χ4v) is 5.41. The zero-order valence-corrected chi connectivity index (χ0v) is 22.6. The number of aromatic nitrogens is 1. The number of hydrogen-bond acceptors (Lipinski definition) is 6. The maximum absolute atomic E-state index is 13.5. The van der Waals surface area contributed by atoms with Crippen LogP contribution in [0.5, 0.6) is 5.75 Å². The Hall–Kier alpha value is -5.38. The number of halogens is 1. The van der Waals surface area contributed by atoms with Gasteiger partial charge in [-0.2, -0.15) is 0 Å². The first-order valence-corrected chi connectivity index (χ1v) is 13.1. The van der Waals surface area contributed by atoms with Gasteiger partial charge in [0.25, 0.3) is 0 Å². The number of hydrogen-bond donors (Lipinski definition) is 4. The smallest absolute Gasteiger partial charge is 0.340 e. The van der Waals surface area contributed by atoms with Gasteiger partial charge in [0.05, 0.1) is 18.2 Å². The molecule has 6 rings (SSSR count). The van der Waals surface area contributed by atoms with E-state index in [1.165, 1.54) is 24.3 Å². The predicted octanol–water partition coefficient (Wildman–Crippen LogP) is 5.50. The molecule has 10 heteroatoms. The molecule has 1 amide bonds. The number of aromatic hydroxyl groups is 1. The summed E-state index contributed by atoms with van der Waals surface area (Å²) >= 11 is 0. The van der Waals surface area contributed by atoms with Gasteiger partial charge < -0.3 is 29.3 Å². The number of amides is 1. The number of carboxylic acids is 1. The van der Waals surface area contributed by atoms with E-state index in [4.69, 9.17) is 8.83 Å². The quantitative estimate of drug-likeness (QED) is 0.186. The van der Waals surface area contributed by atoms with Gasteiger partial charge in [-0.05, 0) is 66.9 Å². The van der Waals surface area contributed by atoms with Gasteiger partial charge in [-0.25, -0.2) is 14.0 Å². The molecule has 3 aromatic carbocycles. The third kappa shape index (κ3) is 4.66. The number of benzene rings is 3. The number of carboxylic acid groups (broad SMARTS) is 1. The molecule has 0 bridgehead atoms. The third-order valence-corrected chi connectivity index (χ3v) is 7.64. The molecule has 42 heavy (non-hydrogen) atoms. The van der Waals surface area contributed by atoms with Crippen LogP contribution in [0.2, 0.25) is 0 Å². The number of aromatic amines is 1. The predicted molar refractivity (Wildman–Crippen MR) is 154 cm³/mol. The number of H-pyrrole nitrogens is 1. The fraction of sp³-hybridized carbons (Fsp3) is 0.156. The second-order valence-electron chi connectivity index (χ2n) is 10.3. The van der Waals surface area contributed by atoms with Gasteiger partial charge in [-0.15, -0.1) is 0 Å². The van der Waals surface area contributed by atoms with E-state index in [-0.39, 0.29) is 23.6 Å². The molecule has 1 atom stereocenters. The monoisotopic (exact) mass is 568 g/mol. The van der Waals surface area contributed by atoms with Crippen LogP contribution in [-0.4, -0.2) is 33.1 Å². The van der Waals surface area contributed by atoms with E-state index in [1.54, 1.807) is 44.5 Å². The van der Waals surface area contributed by atoms with Gasteiger partial charge in [0, 0.05) is 45.4 Å². The molecular formula is C32H25FN2O7. The van der Waals surface area contributed by atoms with Crippen molar-refractivity contribution in [1.29, 1.82) is 0 Å². The van der Waals surface area contributed by atoms with Crippen LogP contribution >= 0.6 is 0 Å². The number of nitrogens with one attached hydrogen (secondary N) is 2. The summed E-state index contributed by atoms with van der Waals surface area (Å²) in [6.45, 7) is 3.47. The Balaban J connectivity index is 1.32. The molecule has 6 aromatic rings. The van der Waals surface area contributed by atoms with E-state index in [1.807, 2.05) is 6.07 Å². The summed E-state index contributed by atoms with van der Waals surface area (Å²) in [7, 11) is 0. The van der Waals surface area contributed by atoms with Gasteiger partial charge in [0.15, 0.2) is 0 Å². The van der Waals surface area contributed by atoms with E-state index < -0.39 is 30.0 Å². The highest BCUT2D eigenvalue weighted by Gasteiger charge is 2.25. The van der Waals surface area contributed by atoms with Crippen molar-refractivity contribution >= 4 is 44.7 Å². The molecule has 3 heterocycles. The molecule has 0 spiro atoms. The summed E-state index contributed by atoms with van der Waals surface area (Å²) in [5, 5.41) is 24.2. The van der Waals surface area contributed by atoms with Crippen LogP contribution in [0.25, 0.3) is 44.0 Å². The lowest BCUT2D eigenvalue weighted by molar-refractivity contribution is -0.141. The summed E-state index contributed by atoms with van der Waals surface area (Å²) in [5.74, 6) is -2.23. The SMILES string of the molecule is Cc1c(CC(=O)N[C@@H](Cc2c[nH]c3ccc(O)cc23)C(=O)O)c(=O)oc2c(C)c3occ(-c4ccc(F)cc4)c3cc12. The summed E-state index contributed by atoms with van der Waals surface area (Å²) in [4.78, 5) is 41.2. The molecule has 3 aromatic heterocycles. The number of aryl methyl sites for hydroxylation is 2. The average Bonchev–Trinajstić information content (AvgIpc) is 3.56. The zero-order chi connectivity index (χ0) is 29.7. The van der Waals surface area contributed by atoms with Crippen molar-refractivity contribution in [1.82, 2.24) is 10.3 Å². The summed E-state index contributed by atoms with van der Waals surface area (Å²) in [5.41, 5.74) is 4.15. The van der Waals surface area contributed by atoms with E-state index in [2.05, 4.69) is 10.3 Å². The van der Waals surface area contributed by atoms with E-state index >= 15 is 0 Å². The van der Waals surface area contributed by atoms with Crippen LogP contribution < -0.4 is 10.9 Å². The molecule has 0 fully saturated rings. The number of phenols is 1. The van der Waals surface area contributed by atoms with Gasteiger partial charge in [-0.3, -0.25) is 4.79 Å². The molecule has 9 nitrogen and oxygen atoms in total. The molecule has 0 saturated heterocycles. The lowest BCUT2D eigenvalue weighted by atomic mass is 9.97. The second kappa shape index (κ2) is 10.2. The molecule has 212 valence electrons. The molecule has 0 unspecified atom stereocenters. The van der Waals surface area contributed by atoms with Crippen molar-refractivity contribution in [3.8, 4) is 16.9 Å². The van der Waals surface area contributed by atoms with E-state index in [9.17, 15) is 29.0 Å². The lowest BCUT2D eigenvalue weighted by Crippen LogP contribution is -2.43. The van der Waals surface area contributed by atoms with Gasteiger partial charge >= 0.3 is 11.6 Å². The van der Waals surface area contributed by atoms with Gasteiger partial charge in [-0.1, -0.05) is 12.1 Å². The van der Waals surface area contributed by atoms with E-state index in [0.717, 1.165) is 16.5 Å². The summed E-state index contributed by atoms with van der Waals surface area (Å²) < 4.78 is 25.0. The van der Waals surface area contributed by atoms with Crippen molar-refractivity contribution in [2.75, 3.05) is 0 Å². The van der Waals surface area contributed by atoms with Crippen molar-refractivity contribution in [3.63, 3.8) is 0 Å². The number of furan rings is 1. The summed E-state index contributed by atoms with van der Waals surface area (Å²) in [6, 6.07) is 11.2. The Labute approximate surface area is 237 Å². The standard InChI is InChI=1S/C32H25FN2O7/c1-15-21-11-24-25(17-3-5-19(33)6-4-17)14-41-29(24)16(2)30(21)42-32(40)22(15)12-28(37)35-27(31(38)39)9-18-13-34-26-8-7-20(36)10-23(18)26/h3-8,10-11,13-14,27,34,36H,9,12H2,1-2H3,(H,35,37)(H,38,39)/t27-/m0/s1. The topological polar surface area (TPSA) is 146 Å². The first kappa shape index (κ1) is 26.8. The van der Waals surface area contributed by atoms with Crippen molar-refractivity contribution < 1.29 is 33.0 Å². The Bertz CT molecular complexity index is 2090. The van der Waals surface area contributed by atoms with Crippen molar-refractivity contribution in [2.45, 2.75) is 32.7 Å². The number of carbonyl (C=O) groups excluding carboxylic acids is 1. The Morgan fingerprint density at radius 1 is 1.00 bits per heavy atom. The Morgan fingerprint density at radius 3 is 2.50 bits per heavy atom. The second-order valence-corrected chi connectivity index (χ2v) is 10.3. The minimum absolute atomic E-state index is 0.0329. The zero-order valence-electron chi connectivity index (χ0n) is 22.6. The number of fused-ring (bicyclic) bond motifs is 3. The number of rotatable bonds is 7. The molecule has 4 N–H and O–H groups in total. The highest BCUT2D eigenvalue weighted by molar-refractivity contribution is 6.05. The van der Waals surface area contributed by atoms with Crippen LogP contribution in [0.3, 0.4) is 0 Å². The normalized spacial score (nSPS) is 12.3. The Morgan fingerprint density at radius 2 is 1.76 bits per heavy atom. The highest BCUT2D eigenvalue weighted by atomic mass is 19.1. The summed E-state index contributed by atoms with van der Waals surface area (Å²) in [6.07, 6.45) is 2.76. The maximum atomic E-state index is 13.5. The van der Waals surface area contributed by atoms with Crippen molar-refractivity contribution in [3.05, 3.63) is 99.5 Å². The molecule has 0 radical (unpaired) electrons. The van der Waals surface area contributed by atoms with Crippen LogP contribution in [0.15, 0.2) is 74.6 Å². The molecule has 0 saturated carbocycles. The van der Waals surface area contributed by atoms with Gasteiger partial charge in [0.2, 0.25) is 5.91 Å². The van der Waals surface area contributed by atoms with Crippen LogP contribution in [-0.2, 0) is 22.4 Å². The molecular weight excluding hydrogens is 543 g/mol. The van der Waals surface area contributed by atoms with Gasteiger partial charge in [0.1, 0.15) is 28.8 Å². The minimum atomic E-state index is -1.28. The Kier molecular flexibility index (Phi) is 6.53. The lowest BCUT2D eigenvalue weighted by Gasteiger charge is -2.15. The van der Waals surface area contributed by atoms with E-state index in [0.29, 0.717) is 44.1 Å². The molecule has 0 aliphatic heterocycles. The molecule has 0 aliphatic carbocycles. The van der Waals surface area contributed by atoms with Crippen LogP contribution in [0.1, 0.15) is 22.3 Å². The number of aliphatic carboxylic acids is 1. The maximum Gasteiger partial charge on any atom is 0.340 e. The average molecular weight is 569 g/mol. The van der Waals surface area contributed by atoms with Crippen LogP contribution in [0, 0.1) is 19.7 Å². The number of phenolic OH excluding ortho intramolecular Hbond substituents is 1. The first-order chi connectivity index (χ1) is 20.1. The first-order valence-electron chi connectivity index (χ1n) is 13.1. The number of carbonyl (C=O) groups is 2.